The van der Waals surface area contributed by atoms with Crippen LogP contribution < -0.4 is 15.4 Å². The van der Waals surface area contributed by atoms with Crippen molar-refractivity contribution in [3.05, 3.63) is 66.0 Å². The van der Waals surface area contributed by atoms with E-state index in [-0.39, 0.29) is 29.2 Å². The summed E-state index contributed by atoms with van der Waals surface area (Å²) in [6.07, 6.45) is -1.47. The molecule has 0 bridgehead atoms. The Hall–Kier alpha value is -4.42. The molecule has 4 aromatic rings. The summed E-state index contributed by atoms with van der Waals surface area (Å²) < 4.78 is 58.2. The SMILES string of the molecule is O=C(Nc1ccc(F)c(C(F)(F)F)c1)NC12CC1C2c1cc(Oc2ncnc3nc[nH]c23)ccc1O. The predicted octanol–water partition coefficient (Wildman–Crippen LogP) is 4.69. The van der Waals surface area contributed by atoms with Gasteiger partial charge in [-0.15, -0.1) is 0 Å². The summed E-state index contributed by atoms with van der Waals surface area (Å²) in [7, 11) is 0. The number of benzene rings is 2. The molecule has 0 saturated heterocycles. The molecule has 2 saturated carbocycles. The molecule has 0 spiro atoms. The van der Waals surface area contributed by atoms with Gasteiger partial charge in [0, 0.05) is 17.2 Å². The minimum Gasteiger partial charge on any atom is -0.508 e. The number of aromatic nitrogens is 4. The van der Waals surface area contributed by atoms with Gasteiger partial charge in [0.25, 0.3) is 0 Å². The largest absolute Gasteiger partial charge is 0.508 e. The molecule has 0 radical (unpaired) electrons. The first-order valence-corrected chi connectivity index (χ1v) is 10.8. The van der Waals surface area contributed by atoms with E-state index in [2.05, 4.69) is 30.6 Å². The lowest BCUT2D eigenvalue weighted by molar-refractivity contribution is -0.139. The van der Waals surface area contributed by atoms with Crippen molar-refractivity contribution in [1.29, 1.82) is 0 Å². The van der Waals surface area contributed by atoms with Gasteiger partial charge in [-0.2, -0.15) is 18.2 Å². The highest BCUT2D eigenvalue weighted by molar-refractivity contribution is 5.91. The Bertz CT molecular complexity index is 1520. The average Bonchev–Trinajstić information content (AvgIpc) is 3.57. The number of hydrogen-bond donors (Lipinski definition) is 4. The first-order valence-electron chi connectivity index (χ1n) is 10.8. The number of urea groups is 1. The number of H-pyrrole nitrogens is 1. The molecule has 184 valence electrons. The number of carbonyl (C=O) groups is 1. The molecule has 36 heavy (non-hydrogen) atoms. The fourth-order valence-corrected chi connectivity index (χ4v) is 4.59. The number of anilines is 1. The molecule has 2 fully saturated rings. The summed E-state index contributed by atoms with van der Waals surface area (Å²) in [6.45, 7) is 0. The Morgan fingerprint density at radius 2 is 2.00 bits per heavy atom. The lowest BCUT2D eigenvalue weighted by Gasteiger charge is -2.17. The predicted molar refractivity (Wildman–Crippen MR) is 117 cm³/mol. The maximum atomic E-state index is 13.5. The van der Waals surface area contributed by atoms with E-state index in [1.807, 2.05) is 0 Å². The van der Waals surface area contributed by atoms with E-state index in [4.69, 9.17) is 4.74 Å². The summed E-state index contributed by atoms with van der Waals surface area (Å²) in [5.74, 6) is -0.910. The molecular formula is C23H16F4N6O3. The van der Waals surface area contributed by atoms with Crippen LogP contribution in [0, 0.1) is 11.7 Å². The van der Waals surface area contributed by atoms with Crippen LogP contribution in [0.3, 0.4) is 0 Å². The molecule has 13 heteroatoms. The molecule has 6 rings (SSSR count). The molecule has 9 nitrogen and oxygen atoms in total. The van der Waals surface area contributed by atoms with Gasteiger partial charge in [0.05, 0.1) is 17.4 Å². The van der Waals surface area contributed by atoms with Crippen molar-refractivity contribution in [3.8, 4) is 17.4 Å². The van der Waals surface area contributed by atoms with Gasteiger partial charge >= 0.3 is 12.2 Å². The van der Waals surface area contributed by atoms with E-state index < -0.39 is 29.1 Å². The monoisotopic (exact) mass is 500 g/mol. The number of phenolic OH excluding ortho intramolecular Hbond substituents is 1. The zero-order valence-corrected chi connectivity index (χ0v) is 18.1. The van der Waals surface area contributed by atoms with E-state index in [0.29, 0.717) is 41.0 Å². The number of aromatic amines is 1. The van der Waals surface area contributed by atoms with E-state index in [1.54, 1.807) is 12.1 Å². The molecular weight excluding hydrogens is 484 g/mol. The van der Waals surface area contributed by atoms with Crippen LogP contribution in [0.4, 0.5) is 28.0 Å². The Balaban J connectivity index is 1.17. The topological polar surface area (TPSA) is 125 Å². The van der Waals surface area contributed by atoms with E-state index in [9.17, 15) is 27.5 Å². The van der Waals surface area contributed by atoms with Gasteiger partial charge in [-0.1, -0.05) is 0 Å². The van der Waals surface area contributed by atoms with Crippen molar-refractivity contribution in [2.75, 3.05) is 5.32 Å². The summed E-state index contributed by atoms with van der Waals surface area (Å²) in [5.41, 5.74) is -0.797. The Kier molecular flexibility index (Phi) is 4.62. The van der Waals surface area contributed by atoms with Gasteiger partial charge in [-0.05, 0) is 48.7 Å². The second-order valence-corrected chi connectivity index (χ2v) is 8.70. The number of carbonyl (C=O) groups excluding carboxylic acids is 1. The van der Waals surface area contributed by atoms with Crippen LogP contribution in [0.2, 0.25) is 0 Å². The Labute approximate surface area is 199 Å². The molecule has 2 heterocycles. The number of aromatic hydroxyl groups is 1. The number of phenols is 1. The minimum atomic E-state index is -4.89. The molecule has 2 aromatic carbocycles. The van der Waals surface area contributed by atoms with Crippen LogP contribution in [0.5, 0.6) is 17.4 Å². The van der Waals surface area contributed by atoms with Crippen molar-refractivity contribution in [2.45, 2.75) is 24.1 Å². The van der Waals surface area contributed by atoms with Crippen molar-refractivity contribution in [3.63, 3.8) is 0 Å². The number of imidazole rings is 1. The van der Waals surface area contributed by atoms with Gasteiger partial charge in [-0.3, -0.25) is 0 Å². The molecule has 0 aliphatic heterocycles. The maximum absolute atomic E-state index is 13.5. The normalized spacial score (nSPS) is 22.1. The third kappa shape index (κ3) is 3.63. The van der Waals surface area contributed by atoms with Crippen LogP contribution in [0.25, 0.3) is 11.2 Å². The van der Waals surface area contributed by atoms with Crippen LogP contribution >= 0.6 is 0 Å². The van der Waals surface area contributed by atoms with Crippen molar-refractivity contribution in [1.82, 2.24) is 25.3 Å². The fraction of sp³-hybridized carbons (Fsp3) is 0.217. The van der Waals surface area contributed by atoms with E-state index in [1.165, 1.54) is 18.7 Å². The van der Waals surface area contributed by atoms with Crippen LogP contribution in [-0.2, 0) is 6.18 Å². The molecule has 4 N–H and O–H groups in total. The summed E-state index contributed by atoms with van der Waals surface area (Å²) in [5, 5.41) is 15.5. The van der Waals surface area contributed by atoms with Gasteiger partial charge in [0.1, 0.15) is 29.2 Å². The van der Waals surface area contributed by atoms with E-state index in [0.717, 1.165) is 6.07 Å². The zero-order chi connectivity index (χ0) is 25.2. The number of nitrogens with one attached hydrogen (secondary N) is 3. The first kappa shape index (κ1) is 22.1. The van der Waals surface area contributed by atoms with Crippen LogP contribution in [0.1, 0.15) is 23.5 Å². The highest BCUT2D eigenvalue weighted by Gasteiger charge is 2.80. The summed E-state index contributed by atoms with van der Waals surface area (Å²) in [4.78, 5) is 27.6. The standard InChI is InChI=1S/C23H16F4N6O3/c24-15-3-1-10(5-13(15)23(25,26)27)32-21(35)33-22-7-14(22)17(22)12-6-11(2-4-16(12)34)36-20-18-19(29-8-28-18)30-9-31-20/h1-6,8-9,14,17,34H,7H2,(H2,32,33,35)(H,28,29,30,31). The van der Waals surface area contributed by atoms with E-state index >= 15 is 0 Å². The number of alkyl halides is 3. The number of rotatable bonds is 5. The highest BCUT2D eigenvalue weighted by Crippen LogP contribution is 2.77. The van der Waals surface area contributed by atoms with Crippen molar-refractivity contribution in [2.24, 2.45) is 5.92 Å². The molecule has 2 aromatic heterocycles. The van der Waals surface area contributed by atoms with Crippen LogP contribution in [0.15, 0.2) is 49.1 Å². The fourth-order valence-electron chi connectivity index (χ4n) is 4.59. The maximum Gasteiger partial charge on any atom is 0.419 e. The average molecular weight is 500 g/mol. The first-order chi connectivity index (χ1) is 17.2. The zero-order valence-electron chi connectivity index (χ0n) is 18.1. The highest BCUT2D eigenvalue weighted by atomic mass is 19.4. The Morgan fingerprint density at radius 1 is 1.17 bits per heavy atom. The summed E-state index contributed by atoms with van der Waals surface area (Å²) >= 11 is 0. The third-order valence-electron chi connectivity index (χ3n) is 6.52. The van der Waals surface area contributed by atoms with Gasteiger partial charge in [0.2, 0.25) is 5.88 Å². The molecule has 2 amide bonds. The molecule has 2 aliphatic rings. The minimum absolute atomic E-state index is 0.0175. The number of amides is 2. The number of halogens is 4. The molecule has 3 unspecified atom stereocenters. The number of hydrogen-bond acceptors (Lipinski definition) is 6. The van der Waals surface area contributed by atoms with Gasteiger partial charge < -0.3 is 25.5 Å². The van der Waals surface area contributed by atoms with Crippen LogP contribution in [-0.4, -0.2) is 36.6 Å². The van der Waals surface area contributed by atoms with Crippen molar-refractivity contribution >= 4 is 22.9 Å². The summed E-state index contributed by atoms with van der Waals surface area (Å²) in [6, 6.07) is 6.19. The molecule has 3 atom stereocenters. The number of nitrogens with zero attached hydrogens (tertiary/aromatic N) is 3. The number of ether oxygens (including phenoxy) is 1. The molecule has 2 aliphatic carbocycles. The Morgan fingerprint density at radius 3 is 2.78 bits per heavy atom. The lowest BCUT2D eigenvalue weighted by atomic mass is 9.99. The van der Waals surface area contributed by atoms with Crippen molar-refractivity contribution < 1.29 is 32.2 Å². The third-order valence-corrected chi connectivity index (χ3v) is 6.52. The van der Waals surface area contributed by atoms with Gasteiger partial charge in [0.15, 0.2) is 5.65 Å². The second-order valence-electron chi connectivity index (χ2n) is 8.70. The number of fused-ring (bicyclic) bond motifs is 2. The quantitative estimate of drug-likeness (QED) is 0.295. The smallest absolute Gasteiger partial charge is 0.419 e. The lowest BCUT2D eigenvalue weighted by Crippen LogP contribution is -2.36. The second kappa shape index (κ2) is 7.54. The van der Waals surface area contributed by atoms with Gasteiger partial charge in [-0.25, -0.2) is 19.2 Å².